The molecule has 0 fully saturated rings. The first-order valence-electron chi connectivity index (χ1n) is 7.76. The standard InChI is InChI=1S/C17H13F3N6/c18-17(19,20)16(12-4-2-1-3-5-12)9-11-8-10(15-23-25-26-24-15)6-7-13(11)14(21)22-16/h1-8H,9H2,(H2,21,22)(H,23,24,25,26). The average molecular weight is 358 g/mol. The summed E-state index contributed by atoms with van der Waals surface area (Å²) in [5, 5.41) is 13.4. The van der Waals surface area contributed by atoms with E-state index in [4.69, 9.17) is 5.73 Å². The molecule has 2 heterocycles. The third kappa shape index (κ3) is 2.43. The fourth-order valence-corrected chi connectivity index (χ4v) is 3.21. The lowest BCUT2D eigenvalue weighted by atomic mass is 9.79. The zero-order valence-corrected chi connectivity index (χ0v) is 13.3. The van der Waals surface area contributed by atoms with Crippen LogP contribution in [0.3, 0.4) is 0 Å². The molecular weight excluding hydrogens is 345 g/mol. The summed E-state index contributed by atoms with van der Waals surface area (Å²) in [4.78, 5) is 3.91. The van der Waals surface area contributed by atoms with E-state index in [1.54, 1.807) is 36.4 Å². The van der Waals surface area contributed by atoms with Gasteiger partial charge in [0.25, 0.3) is 0 Å². The number of hydrogen-bond donors (Lipinski definition) is 2. The minimum absolute atomic E-state index is 0.0489. The predicted octanol–water partition coefficient (Wildman–Crippen LogP) is 2.59. The monoisotopic (exact) mass is 358 g/mol. The van der Waals surface area contributed by atoms with Crippen LogP contribution in [0.25, 0.3) is 11.4 Å². The molecule has 0 amide bonds. The Balaban J connectivity index is 1.89. The molecule has 0 spiro atoms. The first-order chi connectivity index (χ1) is 12.4. The van der Waals surface area contributed by atoms with Crippen LogP contribution in [0.1, 0.15) is 16.7 Å². The van der Waals surface area contributed by atoms with Crippen molar-refractivity contribution in [2.24, 2.45) is 10.7 Å². The Morgan fingerprint density at radius 2 is 1.85 bits per heavy atom. The molecule has 0 radical (unpaired) electrons. The van der Waals surface area contributed by atoms with Gasteiger partial charge in [-0.3, -0.25) is 0 Å². The topological polar surface area (TPSA) is 92.8 Å². The molecular formula is C17H13F3N6. The van der Waals surface area contributed by atoms with Crippen molar-refractivity contribution < 1.29 is 13.2 Å². The fourth-order valence-electron chi connectivity index (χ4n) is 3.21. The van der Waals surface area contributed by atoms with Gasteiger partial charge in [0.2, 0.25) is 0 Å². The maximum atomic E-state index is 14.1. The van der Waals surface area contributed by atoms with Crippen LogP contribution < -0.4 is 5.73 Å². The lowest BCUT2D eigenvalue weighted by Crippen LogP contribution is -2.47. The molecule has 132 valence electrons. The number of fused-ring (bicyclic) bond motifs is 1. The highest BCUT2D eigenvalue weighted by molar-refractivity contribution is 6.00. The second-order valence-electron chi connectivity index (χ2n) is 6.02. The highest BCUT2D eigenvalue weighted by Crippen LogP contribution is 2.47. The third-order valence-corrected chi connectivity index (χ3v) is 4.48. The van der Waals surface area contributed by atoms with Crippen LogP contribution in [-0.4, -0.2) is 32.6 Å². The number of aliphatic imine (C=N–C) groups is 1. The number of benzene rings is 2. The van der Waals surface area contributed by atoms with E-state index < -0.39 is 11.7 Å². The summed E-state index contributed by atoms with van der Waals surface area (Å²) < 4.78 is 42.4. The van der Waals surface area contributed by atoms with Crippen LogP contribution in [0.15, 0.2) is 53.5 Å². The second kappa shape index (κ2) is 5.65. The van der Waals surface area contributed by atoms with Crippen molar-refractivity contribution >= 4 is 5.84 Å². The molecule has 1 aromatic heterocycles. The molecule has 26 heavy (non-hydrogen) atoms. The van der Waals surface area contributed by atoms with Crippen molar-refractivity contribution in [2.75, 3.05) is 0 Å². The first-order valence-corrected chi connectivity index (χ1v) is 7.76. The molecule has 0 saturated heterocycles. The van der Waals surface area contributed by atoms with Crippen LogP contribution in [0.2, 0.25) is 0 Å². The number of halogens is 3. The Bertz CT molecular complexity index is 966. The number of alkyl halides is 3. The zero-order chi connectivity index (χ0) is 18.4. The van der Waals surface area contributed by atoms with Crippen LogP contribution in [0, 0.1) is 0 Å². The lowest BCUT2D eigenvalue weighted by molar-refractivity contribution is -0.189. The van der Waals surface area contributed by atoms with Gasteiger partial charge in [-0.2, -0.15) is 13.2 Å². The molecule has 6 nitrogen and oxygen atoms in total. The third-order valence-electron chi connectivity index (χ3n) is 4.48. The van der Waals surface area contributed by atoms with Gasteiger partial charge in [0.15, 0.2) is 11.4 Å². The summed E-state index contributed by atoms with van der Waals surface area (Å²) in [5.41, 5.74) is 5.05. The van der Waals surface area contributed by atoms with Crippen LogP contribution in [0.5, 0.6) is 0 Å². The van der Waals surface area contributed by atoms with Crippen molar-refractivity contribution in [3.8, 4) is 11.4 Å². The first kappa shape index (κ1) is 16.2. The van der Waals surface area contributed by atoms with E-state index in [0.29, 0.717) is 22.5 Å². The lowest BCUT2D eigenvalue weighted by Gasteiger charge is -2.36. The number of nitrogens with zero attached hydrogens (tertiary/aromatic N) is 4. The number of hydrogen-bond acceptors (Lipinski definition) is 5. The van der Waals surface area contributed by atoms with Crippen LogP contribution in [0.4, 0.5) is 13.2 Å². The number of amidine groups is 1. The summed E-state index contributed by atoms with van der Waals surface area (Å²) in [6.07, 6.45) is -4.97. The summed E-state index contributed by atoms with van der Waals surface area (Å²) in [5.74, 6) is 0.223. The van der Waals surface area contributed by atoms with E-state index >= 15 is 0 Å². The Hall–Kier alpha value is -3.23. The van der Waals surface area contributed by atoms with E-state index in [2.05, 4.69) is 25.6 Å². The van der Waals surface area contributed by atoms with Gasteiger partial charge >= 0.3 is 6.18 Å². The van der Waals surface area contributed by atoms with Crippen molar-refractivity contribution in [2.45, 2.75) is 18.1 Å². The van der Waals surface area contributed by atoms with Crippen molar-refractivity contribution in [1.29, 1.82) is 0 Å². The number of aromatic nitrogens is 4. The minimum Gasteiger partial charge on any atom is -0.383 e. The quantitative estimate of drug-likeness (QED) is 0.736. The zero-order valence-electron chi connectivity index (χ0n) is 13.3. The molecule has 2 aromatic carbocycles. The van der Waals surface area contributed by atoms with Crippen LogP contribution >= 0.6 is 0 Å². The highest BCUT2D eigenvalue weighted by atomic mass is 19.4. The molecule has 1 aliphatic heterocycles. The Kier molecular flexibility index (Phi) is 3.53. The number of nitrogens with one attached hydrogen (secondary N) is 1. The summed E-state index contributed by atoms with van der Waals surface area (Å²) >= 11 is 0. The van der Waals surface area contributed by atoms with Gasteiger partial charge in [0.05, 0.1) is 0 Å². The number of nitrogens with two attached hydrogens (primary N) is 1. The predicted molar refractivity (Wildman–Crippen MR) is 88.2 cm³/mol. The fraction of sp³-hybridized carbons (Fsp3) is 0.176. The van der Waals surface area contributed by atoms with Crippen molar-refractivity contribution in [3.63, 3.8) is 0 Å². The number of tetrazole rings is 1. The van der Waals surface area contributed by atoms with Gasteiger partial charge < -0.3 is 5.73 Å². The SMILES string of the molecule is NC1=NC(c2ccccc2)(C(F)(F)F)Cc2cc(-c3nnn[nH]3)ccc21. The van der Waals surface area contributed by atoms with E-state index in [-0.39, 0.29) is 17.8 Å². The van der Waals surface area contributed by atoms with E-state index in [1.807, 2.05) is 0 Å². The summed E-state index contributed by atoms with van der Waals surface area (Å²) in [7, 11) is 0. The largest absolute Gasteiger partial charge is 0.418 e. The van der Waals surface area contributed by atoms with Crippen molar-refractivity contribution in [1.82, 2.24) is 20.6 Å². The Morgan fingerprint density at radius 3 is 2.50 bits per heavy atom. The molecule has 0 saturated carbocycles. The average Bonchev–Trinajstić information content (AvgIpc) is 3.15. The van der Waals surface area contributed by atoms with Crippen molar-refractivity contribution in [3.05, 3.63) is 65.2 Å². The maximum Gasteiger partial charge on any atom is 0.418 e. The van der Waals surface area contributed by atoms with E-state index in [1.165, 1.54) is 12.1 Å². The number of rotatable bonds is 2. The maximum absolute atomic E-state index is 14.1. The highest BCUT2D eigenvalue weighted by Gasteiger charge is 2.57. The Morgan fingerprint density at radius 1 is 1.08 bits per heavy atom. The second-order valence-corrected chi connectivity index (χ2v) is 6.02. The molecule has 1 unspecified atom stereocenters. The van der Waals surface area contributed by atoms with Gasteiger partial charge in [0.1, 0.15) is 5.84 Å². The molecule has 4 rings (SSSR count). The number of H-pyrrole nitrogens is 1. The van der Waals surface area contributed by atoms with Crippen LogP contribution in [-0.2, 0) is 12.0 Å². The minimum atomic E-state index is -4.61. The molecule has 0 bridgehead atoms. The summed E-state index contributed by atoms with van der Waals surface area (Å²) in [6.45, 7) is 0. The smallest absolute Gasteiger partial charge is 0.383 e. The van der Waals surface area contributed by atoms with E-state index in [9.17, 15) is 13.2 Å². The van der Waals surface area contributed by atoms with Gasteiger partial charge in [-0.05, 0) is 27.6 Å². The molecule has 3 aromatic rings. The molecule has 1 atom stereocenters. The molecule has 9 heteroatoms. The van der Waals surface area contributed by atoms with Gasteiger partial charge in [-0.15, -0.1) is 5.10 Å². The normalized spacial score (nSPS) is 19.7. The van der Waals surface area contributed by atoms with Gasteiger partial charge in [0, 0.05) is 17.5 Å². The summed E-state index contributed by atoms with van der Waals surface area (Å²) in [6, 6.07) is 12.5. The van der Waals surface area contributed by atoms with Gasteiger partial charge in [-0.1, -0.05) is 42.5 Å². The number of aromatic amines is 1. The molecule has 3 N–H and O–H groups in total. The Labute approximate surface area is 146 Å². The molecule has 1 aliphatic rings. The molecule has 0 aliphatic carbocycles. The van der Waals surface area contributed by atoms with E-state index in [0.717, 1.165) is 0 Å². The van der Waals surface area contributed by atoms with Gasteiger partial charge in [-0.25, -0.2) is 10.1 Å².